The first-order valence-electron chi connectivity index (χ1n) is 13.5. The number of anilines is 1. The number of hydrogen-bond donors (Lipinski definition) is 0. The van der Waals surface area contributed by atoms with Crippen molar-refractivity contribution in [2.45, 2.75) is 43.8 Å². The van der Waals surface area contributed by atoms with Crippen LogP contribution in [0.25, 0.3) is 22.0 Å². The second kappa shape index (κ2) is 11.7. The Bertz CT molecular complexity index is 1490. The summed E-state index contributed by atoms with van der Waals surface area (Å²) in [5, 5.41) is 0.884. The summed E-state index contributed by atoms with van der Waals surface area (Å²) < 4.78 is 26.6. The Hall–Kier alpha value is -3.21. The number of hydrogen-bond acceptors (Lipinski definition) is 7. The first-order valence-corrected chi connectivity index (χ1v) is 14.5. The van der Waals surface area contributed by atoms with Crippen molar-refractivity contribution in [2.24, 2.45) is 0 Å². The number of thioether (sulfide) groups is 1. The predicted molar refractivity (Wildman–Crippen MR) is 157 cm³/mol. The number of aryl methyl sites for hydroxylation is 1. The lowest BCUT2D eigenvalue weighted by molar-refractivity contribution is -0.128. The summed E-state index contributed by atoms with van der Waals surface area (Å²) in [7, 11) is 1.63. The van der Waals surface area contributed by atoms with E-state index in [0.717, 1.165) is 32.5 Å². The highest BCUT2D eigenvalue weighted by Gasteiger charge is 2.35. The molecule has 0 N–H and O–H groups in total. The Labute approximate surface area is 237 Å². The standard InChI is InChI=1S/C30H35FN4O4S/c1-6-25(36)33-14-20(4)34(15-19(33)3)29-24-13-18(2)26(21-7-9-22(31)10-8-21)28-27(24)35(30(37)32-29)23(17-40-28)16-39-12-11-38-5/h6-10,13,19-20,23H,1,11-12,14-17H2,2-5H3/t19-,20+,23+/m1/s1. The molecule has 1 amide bonds. The highest BCUT2D eigenvalue weighted by molar-refractivity contribution is 7.99. The molecule has 212 valence electrons. The van der Waals surface area contributed by atoms with Gasteiger partial charge in [-0.15, -0.1) is 11.8 Å². The number of carbonyl (C=O) groups is 1. The maximum absolute atomic E-state index is 13.8. The number of amides is 1. The van der Waals surface area contributed by atoms with Crippen molar-refractivity contribution in [1.82, 2.24) is 14.5 Å². The third-order valence-corrected chi connectivity index (χ3v) is 8.96. The first kappa shape index (κ1) is 28.3. The summed E-state index contributed by atoms with van der Waals surface area (Å²) in [5.74, 6) is 0.871. The van der Waals surface area contributed by atoms with E-state index in [1.165, 1.54) is 18.2 Å². The molecule has 0 unspecified atom stereocenters. The summed E-state index contributed by atoms with van der Waals surface area (Å²) in [5.41, 5.74) is 3.40. The minimum atomic E-state index is -0.331. The number of ether oxygens (including phenoxy) is 2. The zero-order valence-corrected chi connectivity index (χ0v) is 24.2. The van der Waals surface area contributed by atoms with Crippen LogP contribution < -0.4 is 10.6 Å². The average molecular weight is 567 g/mol. The minimum Gasteiger partial charge on any atom is -0.382 e. The van der Waals surface area contributed by atoms with E-state index in [2.05, 4.69) is 22.5 Å². The number of methoxy groups -OCH3 is 1. The largest absolute Gasteiger partial charge is 0.382 e. The van der Waals surface area contributed by atoms with Crippen LogP contribution in [0, 0.1) is 12.7 Å². The van der Waals surface area contributed by atoms with E-state index < -0.39 is 0 Å². The molecular weight excluding hydrogens is 531 g/mol. The normalized spacial score (nSPS) is 20.7. The van der Waals surface area contributed by atoms with Crippen LogP contribution in [0.2, 0.25) is 0 Å². The Morgan fingerprint density at radius 2 is 1.95 bits per heavy atom. The summed E-state index contributed by atoms with van der Waals surface area (Å²) in [6, 6.07) is 8.24. The molecule has 10 heteroatoms. The third-order valence-electron chi connectivity index (χ3n) is 7.72. The Morgan fingerprint density at radius 1 is 1.20 bits per heavy atom. The SMILES string of the molecule is C=CC(=O)N1C[C@H](C)N(c2nc(=O)n3c4c(c(-c5ccc(F)cc5)c(C)cc24)SC[C@@H]3COCCOC)C[C@H]1C. The number of rotatable bonds is 8. The van der Waals surface area contributed by atoms with E-state index in [4.69, 9.17) is 9.47 Å². The summed E-state index contributed by atoms with van der Waals surface area (Å²) in [4.78, 5) is 35.9. The van der Waals surface area contributed by atoms with E-state index in [9.17, 15) is 14.0 Å². The van der Waals surface area contributed by atoms with Gasteiger partial charge in [0.25, 0.3) is 0 Å². The molecule has 3 aromatic rings. The van der Waals surface area contributed by atoms with Crippen molar-refractivity contribution >= 4 is 34.4 Å². The number of aromatic nitrogens is 2. The number of piperazine rings is 1. The van der Waals surface area contributed by atoms with Gasteiger partial charge >= 0.3 is 5.69 Å². The molecular formula is C30H35FN4O4S. The molecule has 0 bridgehead atoms. The first-order chi connectivity index (χ1) is 19.2. The fourth-order valence-corrected chi connectivity index (χ4v) is 7.12. The van der Waals surface area contributed by atoms with E-state index in [-0.39, 0.29) is 35.5 Å². The Balaban J connectivity index is 1.68. The maximum Gasteiger partial charge on any atom is 0.350 e. The van der Waals surface area contributed by atoms with Gasteiger partial charge in [0.15, 0.2) is 0 Å². The quantitative estimate of drug-likeness (QED) is 0.295. The van der Waals surface area contributed by atoms with Gasteiger partial charge in [-0.25, -0.2) is 9.18 Å². The van der Waals surface area contributed by atoms with Crippen LogP contribution >= 0.6 is 11.8 Å². The summed E-state index contributed by atoms with van der Waals surface area (Å²) in [6.07, 6.45) is 1.35. The molecule has 0 saturated carbocycles. The fraction of sp³-hybridized carbons (Fsp3) is 0.433. The van der Waals surface area contributed by atoms with Crippen LogP contribution in [0.3, 0.4) is 0 Å². The van der Waals surface area contributed by atoms with Crippen LogP contribution in [0.4, 0.5) is 10.2 Å². The summed E-state index contributed by atoms with van der Waals surface area (Å²) >= 11 is 1.69. The van der Waals surface area contributed by atoms with Gasteiger partial charge in [0, 0.05) is 53.9 Å². The molecule has 1 aromatic heterocycles. The van der Waals surface area contributed by atoms with Crippen molar-refractivity contribution in [2.75, 3.05) is 50.7 Å². The molecule has 2 aliphatic rings. The van der Waals surface area contributed by atoms with Gasteiger partial charge in [0.1, 0.15) is 11.6 Å². The van der Waals surface area contributed by atoms with Crippen molar-refractivity contribution in [3.05, 3.63) is 64.9 Å². The van der Waals surface area contributed by atoms with E-state index in [0.29, 0.717) is 44.5 Å². The zero-order valence-electron chi connectivity index (χ0n) is 23.4. The topological polar surface area (TPSA) is 76.9 Å². The zero-order chi connectivity index (χ0) is 28.6. The van der Waals surface area contributed by atoms with Gasteiger partial charge in [-0.3, -0.25) is 9.36 Å². The van der Waals surface area contributed by atoms with Gasteiger partial charge < -0.3 is 19.3 Å². The fourth-order valence-electron chi connectivity index (χ4n) is 5.74. The maximum atomic E-state index is 13.8. The van der Waals surface area contributed by atoms with Gasteiger partial charge in [0.2, 0.25) is 5.91 Å². The van der Waals surface area contributed by atoms with Gasteiger partial charge in [-0.2, -0.15) is 4.98 Å². The third kappa shape index (κ3) is 5.15. The molecule has 1 fully saturated rings. The molecule has 40 heavy (non-hydrogen) atoms. The average Bonchev–Trinajstić information content (AvgIpc) is 2.94. The highest BCUT2D eigenvalue weighted by Crippen LogP contribution is 2.46. The number of carbonyl (C=O) groups excluding carboxylic acids is 1. The molecule has 8 nitrogen and oxygen atoms in total. The van der Waals surface area contributed by atoms with Crippen LogP contribution in [0.1, 0.15) is 25.5 Å². The lowest BCUT2D eigenvalue weighted by Gasteiger charge is -2.45. The van der Waals surface area contributed by atoms with Crippen LogP contribution in [0.5, 0.6) is 0 Å². The molecule has 3 atom stereocenters. The molecule has 2 aromatic carbocycles. The van der Waals surface area contributed by atoms with Gasteiger partial charge in [-0.1, -0.05) is 18.7 Å². The molecule has 1 saturated heterocycles. The highest BCUT2D eigenvalue weighted by atomic mass is 32.2. The number of halogens is 1. The molecule has 0 aliphatic carbocycles. The number of nitrogens with zero attached hydrogens (tertiary/aromatic N) is 4. The van der Waals surface area contributed by atoms with Gasteiger partial charge in [0.05, 0.1) is 31.4 Å². The van der Waals surface area contributed by atoms with Crippen molar-refractivity contribution in [3.63, 3.8) is 0 Å². The Morgan fingerprint density at radius 3 is 2.65 bits per heavy atom. The van der Waals surface area contributed by atoms with Crippen LogP contribution in [-0.2, 0) is 14.3 Å². The Kier molecular flexibility index (Phi) is 8.30. The van der Waals surface area contributed by atoms with E-state index >= 15 is 0 Å². The van der Waals surface area contributed by atoms with Gasteiger partial charge in [-0.05, 0) is 56.2 Å². The van der Waals surface area contributed by atoms with Crippen molar-refractivity contribution < 1.29 is 18.7 Å². The summed E-state index contributed by atoms with van der Waals surface area (Å²) in [6.45, 7) is 12.0. The molecule has 0 radical (unpaired) electrons. The number of benzene rings is 2. The second-order valence-electron chi connectivity index (χ2n) is 10.5. The second-order valence-corrected chi connectivity index (χ2v) is 11.5. The van der Waals surface area contributed by atoms with Crippen LogP contribution in [0.15, 0.2) is 52.7 Å². The molecule has 0 spiro atoms. The predicted octanol–water partition coefficient (Wildman–Crippen LogP) is 4.43. The smallest absolute Gasteiger partial charge is 0.350 e. The monoisotopic (exact) mass is 566 g/mol. The van der Waals surface area contributed by atoms with Crippen LogP contribution in [-0.4, -0.2) is 78.2 Å². The van der Waals surface area contributed by atoms with Crippen molar-refractivity contribution in [1.29, 1.82) is 0 Å². The lowest BCUT2D eigenvalue weighted by atomic mass is 9.97. The van der Waals surface area contributed by atoms with E-state index in [1.54, 1.807) is 35.6 Å². The minimum absolute atomic E-state index is 0.0599. The van der Waals surface area contributed by atoms with E-state index in [1.807, 2.05) is 25.7 Å². The lowest BCUT2D eigenvalue weighted by Crippen LogP contribution is -2.58. The molecule has 2 aliphatic heterocycles. The van der Waals surface area contributed by atoms with Crippen molar-refractivity contribution in [3.8, 4) is 11.1 Å². The molecule has 3 heterocycles. The molecule has 5 rings (SSSR count).